The zero-order chi connectivity index (χ0) is 7.11. The van der Waals surface area contributed by atoms with Crippen LogP contribution < -0.4 is 5.11 Å². The zero-order valence-corrected chi connectivity index (χ0v) is 5.89. The lowest BCUT2D eigenvalue weighted by Gasteiger charge is -2.02. The third-order valence-electron chi connectivity index (χ3n) is 1.10. The lowest BCUT2D eigenvalue weighted by atomic mass is 10.2. The summed E-state index contributed by atoms with van der Waals surface area (Å²) in [5.74, 6) is 0.0449. The SMILES string of the molecule is C=CC([O-])=CCCCC. The fourth-order valence-corrected chi connectivity index (χ4v) is 0.532. The van der Waals surface area contributed by atoms with Gasteiger partial charge in [0.25, 0.3) is 0 Å². The summed E-state index contributed by atoms with van der Waals surface area (Å²) in [5, 5.41) is 10.5. The summed E-state index contributed by atoms with van der Waals surface area (Å²) in [7, 11) is 0. The van der Waals surface area contributed by atoms with Crippen LogP contribution in [0.4, 0.5) is 0 Å². The molecule has 0 aromatic heterocycles. The molecule has 0 N–H and O–H groups in total. The van der Waals surface area contributed by atoms with Crippen molar-refractivity contribution in [3.8, 4) is 0 Å². The van der Waals surface area contributed by atoms with E-state index in [1.54, 1.807) is 6.08 Å². The minimum atomic E-state index is 0.0449. The number of hydrogen-bond donors (Lipinski definition) is 0. The summed E-state index contributed by atoms with van der Waals surface area (Å²) in [6, 6.07) is 0. The van der Waals surface area contributed by atoms with Crippen LogP contribution in [0.3, 0.4) is 0 Å². The highest BCUT2D eigenvalue weighted by Crippen LogP contribution is 1.96. The fourth-order valence-electron chi connectivity index (χ4n) is 0.532. The average Bonchev–Trinajstić information content (AvgIpc) is 1.89. The van der Waals surface area contributed by atoms with Gasteiger partial charge in [-0.25, -0.2) is 0 Å². The molecule has 0 aromatic rings. The molecule has 0 saturated heterocycles. The third-order valence-corrected chi connectivity index (χ3v) is 1.10. The lowest BCUT2D eigenvalue weighted by molar-refractivity contribution is -0.295. The molecule has 0 aromatic carbocycles. The second-order valence-corrected chi connectivity index (χ2v) is 1.95. The van der Waals surface area contributed by atoms with Crippen LogP contribution in [0.15, 0.2) is 24.5 Å². The van der Waals surface area contributed by atoms with E-state index in [4.69, 9.17) is 0 Å². The Hall–Kier alpha value is -0.720. The Morgan fingerprint density at radius 1 is 1.67 bits per heavy atom. The van der Waals surface area contributed by atoms with Crippen molar-refractivity contribution in [3.63, 3.8) is 0 Å². The molecule has 0 rings (SSSR count). The van der Waals surface area contributed by atoms with Gasteiger partial charge in [0.1, 0.15) is 0 Å². The van der Waals surface area contributed by atoms with Gasteiger partial charge in [0.2, 0.25) is 0 Å². The second kappa shape index (κ2) is 5.42. The maximum absolute atomic E-state index is 10.5. The molecule has 0 spiro atoms. The van der Waals surface area contributed by atoms with Gasteiger partial charge in [-0.2, -0.15) is 0 Å². The molecule has 0 unspecified atom stereocenters. The Morgan fingerprint density at radius 3 is 2.78 bits per heavy atom. The van der Waals surface area contributed by atoms with Gasteiger partial charge in [0.05, 0.1) is 0 Å². The molecule has 0 aliphatic rings. The van der Waals surface area contributed by atoms with Crippen LogP contribution in [-0.4, -0.2) is 0 Å². The summed E-state index contributed by atoms with van der Waals surface area (Å²) < 4.78 is 0. The monoisotopic (exact) mass is 125 g/mol. The first-order valence-corrected chi connectivity index (χ1v) is 3.31. The van der Waals surface area contributed by atoms with Crippen molar-refractivity contribution >= 4 is 0 Å². The van der Waals surface area contributed by atoms with Crippen molar-refractivity contribution in [1.29, 1.82) is 0 Å². The second-order valence-electron chi connectivity index (χ2n) is 1.95. The van der Waals surface area contributed by atoms with Gasteiger partial charge in [0, 0.05) is 0 Å². The first-order chi connectivity index (χ1) is 4.31. The zero-order valence-electron chi connectivity index (χ0n) is 5.89. The van der Waals surface area contributed by atoms with Gasteiger partial charge in [-0.3, -0.25) is 0 Å². The quantitative estimate of drug-likeness (QED) is 0.318. The van der Waals surface area contributed by atoms with E-state index in [0.717, 1.165) is 19.3 Å². The van der Waals surface area contributed by atoms with E-state index in [1.807, 2.05) is 0 Å². The molecule has 0 aliphatic heterocycles. The first-order valence-electron chi connectivity index (χ1n) is 3.31. The van der Waals surface area contributed by atoms with Gasteiger partial charge in [-0.1, -0.05) is 38.5 Å². The largest absolute Gasteiger partial charge is 0.873 e. The molecule has 52 valence electrons. The molecule has 0 aliphatic carbocycles. The van der Waals surface area contributed by atoms with E-state index >= 15 is 0 Å². The number of rotatable bonds is 4. The topological polar surface area (TPSA) is 23.1 Å². The first kappa shape index (κ1) is 8.28. The Balaban J connectivity index is 3.31. The molecule has 0 saturated carbocycles. The summed E-state index contributed by atoms with van der Waals surface area (Å²) in [6.45, 7) is 5.46. The van der Waals surface area contributed by atoms with Crippen LogP contribution in [0.2, 0.25) is 0 Å². The van der Waals surface area contributed by atoms with E-state index < -0.39 is 0 Å². The highest BCUT2D eigenvalue weighted by Gasteiger charge is 1.76. The Kier molecular flexibility index (Phi) is 4.98. The predicted molar refractivity (Wildman–Crippen MR) is 37.8 cm³/mol. The predicted octanol–water partition coefficient (Wildman–Crippen LogP) is 1.61. The molecule has 0 bridgehead atoms. The molecular weight excluding hydrogens is 112 g/mol. The molecule has 0 radical (unpaired) electrons. The van der Waals surface area contributed by atoms with Crippen LogP contribution in [0, 0.1) is 0 Å². The van der Waals surface area contributed by atoms with E-state index in [2.05, 4.69) is 13.5 Å². The van der Waals surface area contributed by atoms with Crippen LogP contribution in [0.1, 0.15) is 26.2 Å². The Labute approximate surface area is 56.7 Å². The van der Waals surface area contributed by atoms with Crippen molar-refractivity contribution in [2.45, 2.75) is 26.2 Å². The summed E-state index contributed by atoms with van der Waals surface area (Å²) >= 11 is 0. The van der Waals surface area contributed by atoms with E-state index in [9.17, 15) is 5.11 Å². The molecule has 1 nitrogen and oxygen atoms in total. The fraction of sp³-hybridized carbons (Fsp3) is 0.500. The summed E-state index contributed by atoms with van der Waals surface area (Å²) in [6.07, 6.45) is 6.15. The van der Waals surface area contributed by atoms with Crippen LogP contribution in [0.5, 0.6) is 0 Å². The maximum Gasteiger partial charge on any atom is -0.0354 e. The normalized spacial score (nSPS) is 11.4. The number of hydrogen-bond acceptors (Lipinski definition) is 1. The lowest BCUT2D eigenvalue weighted by Crippen LogP contribution is -1.98. The van der Waals surface area contributed by atoms with Gasteiger partial charge in [-0.15, -0.1) is 5.76 Å². The molecule has 9 heavy (non-hydrogen) atoms. The molecule has 0 heterocycles. The molecule has 0 atom stereocenters. The highest BCUT2D eigenvalue weighted by molar-refractivity contribution is 5.04. The van der Waals surface area contributed by atoms with Crippen molar-refractivity contribution in [2.24, 2.45) is 0 Å². The average molecular weight is 125 g/mol. The highest BCUT2D eigenvalue weighted by atomic mass is 16.3. The van der Waals surface area contributed by atoms with Gasteiger partial charge in [0.15, 0.2) is 0 Å². The minimum absolute atomic E-state index is 0.0449. The summed E-state index contributed by atoms with van der Waals surface area (Å²) in [5.41, 5.74) is 0. The number of unbranched alkanes of at least 4 members (excludes halogenated alkanes) is 2. The van der Waals surface area contributed by atoms with Crippen LogP contribution in [0.25, 0.3) is 0 Å². The van der Waals surface area contributed by atoms with E-state index in [1.165, 1.54) is 6.08 Å². The standard InChI is InChI=1S/C8H14O/c1-3-5-6-7-8(9)4-2/h4,7,9H,2-3,5-6H2,1H3/p-1. The van der Waals surface area contributed by atoms with Crippen molar-refractivity contribution in [3.05, 3.63) is 24.5 Å². The van der Waals surface area contributed by atoms with E-state index in [0.29, 0.717) is 0 Å². The summed E-state index contributed by atoms with van der Waals surface area (Å²) in [4.78, 5) is 0. The third kappa shape index (κ3) is 5.15. The molecule has 0 fully saturated rings. The van der Waals surface area contributed by atoms with Crippen molar-refractivity contribution in [2.75, 3.05) is 0 Å². The van der Waals surface area contributed by atoms with Crippen LogP contribution in [-0.2, 0) is 0 Å². The van der Waals surface area contributed by atoms with Crippen molar-refractivity contribution < 1.29 is 5.11 Å². The minimum Gasteiger partial charge on any atom is -0.873 e. The Bertz CT molecular complexity index is 103. The van der Waals surface area contributed by atoms with Crippen molar-refractivity contribution in [1.82, 2.24) is 0 Å². The molecule has 0 amide bonds. The smallest absolute Gasteiger partial charge is 0.0354 e. The Morgan fingerprint density at radius 2 is 2.33 bits per heavy atom. The van der Waals surface area contributed by atoms with Gasteiger partial charge in [-0.05, 0) is 6.42 Å². The number of allylic oxidation sites excluding steroid dienone is 2. The molecular formula is C8H13O-. The maximum atomic E-state index is 10.5. The van der Waals surface area contributed by atoms with Gasteiger partial charge < -0.3 is 5.11 Å². The van der Waals surface area contributed by atoms with Gasteiger partial charge >= 0.3 is 0 Å². The van der Waals surface area contributed by atoms with E-state index in [-0.39, 0.29) is 5.76 Å². The van der Waals surface area contributed by atoms with Crippen LogP contribution >= 0.6 is 0 Å². The molecule has 1 heteroatoms.